The van der Waals surface area contributed by atoms with E-state index in [1.165, 1.54) is 30.8 Å². The van der Waals surface area contributed by atoms with Crippen LogP contribution in [0.25, 0.3) is 22.6 Å². The Morgan fingerprint density at radius 2 is 1.67 bits per heavy atom. The maximum Gasteiger partial charge on any atom is 0.421 e. The van der Waals surface area contributed by atoms with Crippen LogP contribution in [-0.4, -0.2) is 35.5 Å². The molecule has 3 aromatic rings. The summed E-state index contributed by atoms with van der Waals surface area (Å²) >= 11 is 0. The number of aryl methyl sites for hydroxylation is 1. The summed E-state index contributed by atoms with van der Waals surface area (Å²) in [5, 5.41) is 9.52. The zero-order valence-corrected chi connectivity index (χ0v) is 15.7. The molecule has 0 saturated carbocycles. The lowest BCUT2D eigenvalue weighted by Crippen LogP contribution is -2.38. The lowest BCUT2D eigenvalue weighted by Gasteiger charge is -2.20. The van der Waals surface area contributed by atoms with Crippen molar-refractivity contribution < 1.29 is 14.6 Å². The Morgan fingerprint density at radius 1 is 1.07 bits per heavy atom. The minimum absolute atomic E-state index is 0.0435. The van der Waals surface area contributed by atoms with E-state index in [2.05, 4.69) is 4.98 Å². The fraction of sp³-hybridized carbons (Fsp3) is 0.333. The molecule has 0 aliphatic rings. The van der Waals surface area contributed by atoms with Crippen LogP contribution in [0.4, 0.5) is 4.79 Å². The SMILES string of the molecule is Cn1c(=O)c2c(nc(-c3ccc(O)cc3)n2C(=O)OC(C)(C)C)n(C)c1=O. The Morgan fingerprint density at radius 3 is 2.22 bits per heavy atom. The van der Waals surface area contributed by atoms with Crippen molar-refractivity contribution in [3.05, 3.63) is 45.1 Å². The van der Waals surface area contributed by atoms with Crippen molar-refractivity contribution in [2.75, 3.05) is 0 Å². The summed E-state index contributed by atoms with van der Waals surface area (Å²) in [7, 11) is 2.80. The van der Waals surface area contributed by atoms with Crippen LogP contribution in [0.3, 0.4) is 0 Å². The Labute approximate surface area is 154 Å². The highest BCUT2D eigenvalue weighted by Gasteiger charge is 2.27. The van der Waals surface area contributed by atoms with Crippen LogP contribution in [-0.2, 0) is 18.8 Å². The number of ether oxygens (including phenoxy) is 1. The number of carbonyl (C=O) groups excluding carboxylic acids is 1. The average molecular weight is 372 g/mol. The van der Waals surface area contributed by atoms with Crippen molar-refractivity contribution in [1.29, 1.82) is 0 Å². The number of aromatic hydroxyl groups is 1. The Bertz CT molecular complexity index is 1160. The summed E-state index contributed by atoms with van der Waals surface area (Å²) in [5.74, 6) is 0.180. The fourth-order valence-electron chi connectivity index (χ4n) is 2.69. The van der Waals surface area contributed by atoms with Crippen LogP contribution in [0.2, 0.25) is 0 Å². The van der Waals surface area contributed by atoms with Crippen molar-refractivity contribution >= 4 is 17.3 Å². The second kappa shape index (κ2) is 6.11. The van der Waals surface area contributed by atoms with Crippen molar-refractivity contribution in [3.8, 4) is 17.1 Å². The minimum Gasteiger partial charge on any atom is -0.508 e. The molecular weight excluding hydrogens is 352 g/mol. The van der Waals surface area contributed by atoms with Gasteiger partial charge in [-0.05, 0) is 45.0 Å². The number of nitrogens with zero attached hydrogens (tertiary/aromatic N) is 4. The summed E-state index contributed by atoms with van der Waals surface area (Å²) in [6, 6.07) is 5.98. The first-order valence-electron chi connectivity index (χ1n) is 8.22. The highest BCUT2D eigenvalue weighted by molar-refractivity contribution is 5.90. The summed E-state index contributed by atoms with van der Waals surface area (Å²) < 4.78 is 8.61. The topological polar surface area (TPSA) is 108 Å². The number of phenolic OH excluding ortho intramolecular Hbond substituents is 1. The predicted octanol–water partition coefficient (Wildman–Crippen LogP) is 1.59. The molecule has 2 heterocycles. The van der Waals surface area contributed by atoms with Gasteiger partial charge in [-0.2, -0.15) is 0 Å². The molecule has 9 nitrogen and oxygen atoms in total. The Kier molecular flexibility index (Phi) is 4.17. The normalized spacial score (nSPS) is 11.7. The van der Waals surface area contributed by atoms with Gasteiger partial charge in [-0.1, -0.05) is 0 Å². The number of fused-ring (bicyclic) bond motifs is 1. The molecule has 0 spiro atoms. The summed E-state index contributed by atoms with van der Waals surface area (Å²) in [5.41, 5.74) is -1.53. The van der Waals surface area contributed by atoms with Gasteiger partial charge in [0.15, 0.2) is 17.0 Å². The first-order chi connectivity index (χ1) is 12.5. The molecular formula is C18H20N4O5. The third-order valence-corrected chi connectivity index (χ3v) is 3.96. The van der Waals surface area contributed by atoms with Crippen LogP contribution in [0.15, 0.2) is 33.9 Å². The molecule has 0 atom stereocenters. The lowest BCUT2D eigenvalue weighted by molar-refractivity contribution is 0.0546. The molecule has 1 N–H and O–H groups in total. The molecule has 27 heavy (non-hydrogen) atoms. The van der Waals surface area contributed by atoms with E-state index in [4.69, 9.17) is 4.74 Å². The second-order valence-corrected chi connectivity index (χ2v) is 7.18. The molecule has 0 fully saturated rings. The Balaban J connectivity index is 2.43. The largest absolute Gasteiger partial charge is 0.508 e. The molecule has 0 unspecified atom stereocenters. The molecule has 142 valence electrons. The molecule has 0 radical (unpaired) electrons. The van der Waals surface area contributed by atoms with Gasteiger partial charge in [0.1, 0.15) is 11.4 Å². The number of aromatic nitrogens is 4. The lowest BCUT2D eigenvalue weighted by atomic mass is 10.2. The van der Waals surface area contributed by atoms with E-state index < -0.39 is 22.9 Å². The number of hydrogen-bond donors (Lipinski definition) is 1. The van der Waals surface area contributed by atoms with Gasteiger partial charge in [0.05, 0.1) is 0 Å². The third-order valence-electron chi connectivity index (χ3n) is 3.96. The van der Waals surface area contributed by atoms with Gasteiger partial charge in [0.2, 0.25) is 0 Å². The van der Waals surface area contributed by atoms with Crippen LogP contribution < -0.4 is 11.2 Å². The van der Waals surface area contributed by atoms with E-state index in [1.807, 2.05) is 0 Å². The summed E-state index contributed by atoms with van der Waals surface area (Å²) in [6.07, 6.45) is -0.788. The van der Waals surface area contributed by atoms with Crippen molar-refractivity contribution in [2.24, 2.45) is 14.1 Å². The standard InChI is InChI=1S/C18H20N4O5/c1-18(2,3)27-17(26)22-12-14(20(4)16(25)21(5)15(12)24)19-13(22)10-6-8-11(23)9-7-10/h6-9,23H,1-5H3. The number of benzene rings is 1. The van der Waals surface area contributed by atoms with E-state index >= 15 is 0 Å². The van der Waals surface area contributed by atoms with E-state index in [-0.39, 0.29) is 22.7 Å². The molecule has 0 amide bonds. The van der Waals surface area contributed by atoms with E-state index in [0.29, 0.717) is 5.56 Å². The average Bonchev–Trinajstić information content (AvgIpc) is 2.98. The first-order valence-corrected chi connectivity index (χ1v) is 8.22. The van der Waals surface area contributed by atoms with Gasteiger partial charge >= 0.3 is 11.8 Å². The van der Waals surface area contributed by atoms with E-state index in [0.717, 1.165) is 9.13 Å². The van der Waals surface area contributed by atoms with Crippen molar-refractivity contribution in [3.63, 3.8) is 0 Å². The maximum absolute atomic E-state index is 12.9. The highest BCUT2D eigenvalue weighted by atomic mass is 16.6. The molecule has 0 aliphatic heterocycles. The summed E-state index contributed by atoms with van der Waals surface area (Å²) in [6.45, 7) is 5.12. The molecule has 0 saturated heterocycles. The third kappa shape index (κ3) is 3.12. The molecule has 0 aliphatic carbocycles. The van der Waals surface area contributed by atoms with Gasteiger partial charge in [-0.15, -0.1) is 0 Å². The molecule has 0 bridgehead atoms. The first kappa shape index (κ1) is 18.4. The molecule has 9 heteroatoms. The number of imidazole rings is 1. The van der Waals surface area contributed by atoms with E-state index in [9.17, 15) is 19.5 Å². The van der Waals surface area contributed by atoms with Crippen LogP contribution in [0.1, 0.15) is 20.8 Å². The van der Waals surface area contributed by atoms with Gasteiger partial charge in [-0.3, -0.25) is 13.9 Å². The smallest absolute Gasteiger partial charge is 0.421 e. The van der Waals surface area contributed by atoms with E-state index in [1.54, 1.807) is 32.9 Å². The Hall–Kier alpha value is -3.36. The van der Waals surface area contributed by atoms with Gasteiger partial charge in [0.25, 0.3) is 5.56 Å². The molecule has 1 aromatic carbocycles. The molecule has 2 aromatic heterocycles. The van der Waals surface area contributed by atoms with Crippen LogP contribution in [0, 0.1) is 0 Å². The molecule has 3 rings (SSSR count). The zero-order chi connectivity index (χ0) is 20.1. The maximum atomic E-state index is 12.9. The minimum atomic E-state index is -0.800. The van der Waals surface area contributed by atoms with Gasteiger partial charge in [-0.25, -0.2) is 19.1 Å². The zero-order valence-electron chi connectivity index (χ0n) is 15.7. The number of carbonyl (C=O) groups is 1. The number of phenols is 1. The van der Waals surface area contributed by atoms with Crippen LogP contribution in [0.5, 0.6) is 5.75 Å². The number of hydrogen-bond acceptors (Lipinski definition) is 6. The van der Waals surface area contributed by atoms with Crippen LogP contribution >= 0.6 is 0 Å². The quantitative estimate of drug-likeness (QED) is 0.695. The predicted molar refractivity (Wildman–Crippen MR) is 98.9 cm³/mol. The van der Waals surface area contributed by atoms with Crippen molar-refractivity contribution in [2.45, 2.75) is 26.4 Å². The highest BCUT2D eigenvalue weighted by Crippen LogP contribution is 2.25. The summed E-state index contributed by atoms with van der Waals surface area (Å²) in [4.78, 5) is 42.2. The number of rotatable bonds is 1. The monoisotopic (exact) mass is 372 g/mol. The van der Waals surface area contributed by atoms with Crippen molar-refractivity contribution in [1.82, 2.24) is 18.7 Å². The fourth-order valence-corrected chi connectivity index (χ4v) is 2.69. The second-order valence-electron chi connectivity index (χ2n) is 7.18. The van der Waals surface area contributed by atoms with Gasteiger partial charge < -0.3 is 9.84 Å². The van der Waals surface area contributed by atoms with Gasteiger partial charge in [0, 0.05) is 19.7 Å².